The fourth-order valence-corrected chi connectivity index (χ4v) is 3.58. The molecule has 7 nitrogen and oxygen atoms in total. The molecule has 146 valence electrons. The number of nitrogens with two attached hydrogens (primary N) is 1. The van der Waals surface area contributed by atoms with E-state index >= 15 is 0 Å². The van der Waals surface area contributed by atoms with Crippen LogP contribution in [0, 0.1) is 0 Å². The Balaban J connectivity index is 1.34. The first-order chi connectivity index (χ1) is 13.7. The maximum Gasteiger partial charge on any atom is 0.149 e. The number of aromatic nitrogens is 3. The quantitative estimate of drug-likeness (QED) is 0.629. The molecule has 1 saturated carbocycles. The van der Waals surface area contributed by atoms with Gasteiger partial charge in [-0.3, -0.25) is 4.98 Å². The Labute approximate surface area is 164 Å². The van der Waals surface area contributed by atoms with Crippen molar-refractivity contribution in [3.05, 3.63) is 42.9 Å². The minimum absolute atomic E-state index is 0.151. The number of nitrogens with one attached hydrogen (secondary N) is 1. The number of anilines is 2. The van der Waals surface area contributed by atoms with Gasteiger partial charge in [-0.15, -0.1) is 0 Å². The van der Waals surface area contributed by atoms with Gasteiger partial charge in [0.2, 0.25) is 0 Å². The van der Waals surface area contributed by atoms with Gasteiger partial charge in [0.05, 0.1) is 24.4 Å². The van der Waals surface area contributed by atoms with Crippen LogP contribution in [0.1, 0.15) is 32.6 Å². The Hall–Kier alpha value is -3.09. The van der Waals surface area contributed by atoms with Crippen LogP contribution in [0.25, 0.3) is 11.0 Å². The molecule has 7 heteroatoms. The van der Waals surface area contributed by atoms with E-state index in [1.165, 1.54) is 0 Å². The van der Waals surface area contributed by atoms with Gasteiger partial charge >= 0.3 is 0 Å². The number of hydrogen-bond donors (Lipinski definition) is 2. The Kier molecular flexibility index (Phi) is 5.41. The lowest BCUT2D eigenvalue weighted by atomic mass is 9.93. The molecular formula is C21H25N5O2. The Morgan fingerprint density at radius 1 is 1.07 bits per heavy atom. The number of hydrogen-bond acceptors (Lipinski definition) is 7. The van der Waals surface area contributed by atoms with Crippen molar-refractivity contribution in [1.82, 2.24) is 15.0 Å². The van der Waals surface area contributed by atoms with E-state index in [1.54, 1.807) is 18.6 Å². The van der Waals surface area contributed by atoms with Crippen LogP contribution in [0.4, 0.5) is 11.5 Å². The lowest BCUT2D eigenvalue weighted by molar-refractivity contribution is 0.152. The van der Waals surface area contributed by atoms with Gasteiger partial charge < -0.3 is 20.5 Å². The maximum absolute atomic E-state index is 6.25. The number of nitrogens with zero attached hydrogens (tertiary/aromatic N) is 3. The van der Waals surface area contributed by atoms with Gasteiger partial charge in [-0.05, 0) is 50.8 Å². The molecule has 0 bridgehead atoms. The molecule has 2 aromatic heterocycles. The van der Waals surface area contributed by atoms with Crippen LogP contribution >= 0.6 is 0 Å². The summed E-state index contributed by atoms with van der Waals surface area (Å²) >= 11 is 0. The summed E-state index contributed by atoms with van der Waals surface area (Å²) in [7, 11) is 0. The molecule has 0 radical (unpaired) electrons. The van der Waals surface area contributed by atoms with Crippen molar-refractivity contribution in [2.75, 3.05) is 17.7 Å². The summed E-state index contributed by atoms with van der Waals surface area (Å²) in [6.07, 6.45) is 9.21. The van der Waals surface area contributed by atoms with E-state index in [0.29, 0.717) is 24.1 Å². The summed E-state index contributed by atoms with van der Waals surface area (Å²) in [6, 6.07) is 7.96. The second kappa shape index (κ2) is 8.29. The van der Waals surface area contributed by atoms with Gasteiger partial charge in [-0.1, -0.05) is 0 Å². The molecule has 0 aliphatic heterocycles. The summed E-state index contributed by atoms with van der Waals surface area (Å²) in [5.41, 5.74) is 8.15. The third-order valence-corrected chi connectivity index (χ3v) is 4.93. The molecule has 0 amide bonds. The normalized spacial score (nSPS) is 19.3. The van der Waals surface area contributed by atoms with E-state index in [-0.39, 0.29) is 6.10 Å². The summed E-state index contributed by atoms with van der Waals surface area (Å²) in [4.78, 5) is 13.2. The minimum atomic E-state index is 0.151. The van der Waals surface area contributed by atoms with Crippen molar-refractivity contribution in [1.29, 1.82) is 0 Å². The van der Waals surface area contributed by atoms with Crippen molar-refractivity contribution < 1.29 is 9.47 Å². The molecule has 1 aliphatic rings. The molecule has 28 heavy (non-hydrogen) atoms. The van der Waals surface area contributed by atoms with Crippen LogP contribution in [0.5, 0.6) is 11.5 Å². The number of pyridine rings is 1. The zero-order valence-electron chi connectivity index (χ0n) is 16.0. The van der Waals surface area contributed by atoms with E-state index in [2.05, 4.69) is 20.3 Å². The highest BCUT2D eigenvalue weighted by Gasteiger charge is 2.23. The maximum atomic E-state index is 6.25. The molecule has 0 saturated heterocycles. The van der Waals surface area contributed by atoms with Crippen molar-refractivity contribution in [3.8, 4) is 11.5 Å². The van der Waals surface area contributed by atoms with Crippen molar-refractivity contribution in [3.63, 3.8) is 0 Å². The topological polar surface area (TPSA) is 95.2 Å². The average molecular weight is 379 g/mol. The molecule has 1 aromatic carbocycles. The van der Waals surface area contributed by atoms with Crippen LogP contribution < -0.4 is 20.5 Å². The van der Waals surface area contributed by atoms with Gasteiger partial charge in [0.15, 0.2) is 0 Å². The predicted molar refractivity (Wildman–Crippen MR) is 110 cm³/mol. The summed E-state index contributed by atoms with van der Waals surface area (Å²) in [6.45, 7) is 2.61. The van der Waals surface area contributed by atoms with E-state index in [0.717, 1.165) is 48.3 Å². The largest absolute Gasteiger partial charge is 0.492 e. The molecule has 0 spiro atoms. The highest BCUT2D eigenvalue weighted by molar-refractivity contribution is 5.84. The van der Waals surface area contributed by atoms with E-state index in [9.17, 15) is 0 Å². The van der Waals surface area contributed by atoms with Gasteiger partial charge in [-0.25, -0.2) is 9.97 Å². The predicted octanol–water partition coefficient (Wildman–Crippen LogP) is 3.81. The average Bonchev–Trinajstić information content (AvgIpc) is 2.71. The first-order valence-electron chi connectivity index (χ1n) is 9.73. The van der Waals surface area contributed by atoms with Gasteiger partial charge in [0.25, 0.3) is 0 Å². The fourth-order valence-electron chi connectivity index (χ4n) is 3.58. The highest BCUT2D eigenvalue weighted by Crippen LogP contribution is 2.30. The smallest absolute Gasteiger partial charge is 0.149 e. The molecule has 3 N–H and O–H groups in total. The number of benzene rings is 1. The second-order valence-corrected chi connectivity index (χ2v) is 6.99. The minimum Gasteiger partial charge on any atom is -0.492 e. The number of rotatable bonds is 6. The SMILES string of the molecule is CCOc1ccc(NC2CCC(Oc3cc(N)cc4nccnc34)CC2)nc1. The molecule has 0 unspecified atom stereocenters. The molecule has 4 rings (SSSR count). The molecule has 3 aromatic rings. The fraction of sp³-hybridized carbons (Fsp3) is 0.381. The third kappa shape index (κ3) is 4.24. The lowest BCUT2D eigenvalue weighted by Gasteiger charge is -2.30. The Morgan fingerprint density at radius 2 is 1.89 bits per heavy atom. The standard InChI is InChI=1S/C21H25N5O2/c1-2-27-17-7-8-20(25-13-17)26-15-3-5-16(6-4-15)28-19-12-14(22)11-18-21(19)24-10-9-23-18/h7-13,15-16H,2-6,22H2,1H3,(H,25,26). The summed E-state index contributed by atoms with van der Waals surface area (Å²) in [5, 5.41) is 3.51. The van der Waals surface area contributed by atoms with Gasteiger partial charge in [0, 0.05) is 30.2 Å². The first-order valence-corrected chi connectivity index (χ1v) is 9.73. The number of ether oxygens (including phenoxy) is 2. The van der Waals surface area contributed by atoms with Gasteiger partial charge in [0.1, 0.15) is 22.8 Å². The van der Waals surface area contributed by atoms with Crippen LogP contribution in [0.2, 0.25) is 0 Å². The van der Waals surface area contributed by atoms with Gasteiger partial charge in [-0.2, -0.15) is 0 Å². The van der Waals surface area contributed by atoms with Crippen LogP contribution in [-0.2, 0) is 0 Å². The molecule has 1 fully saturated rings. The zero-order valence-corrected chi connectivity index (χ0v) is 16.0. The molecule has 0 atom stereocenters. The molecular weight excluding hydrogens is 354 g/mol. The number of nitrogen functional groups attached to an aromatic ring is 1. The van der Waals surface area contributed by atoms with Crippen molar-refractivity contribution >= 4 is 22.5 Å². The monoisotopic (exact) mass is 379 g/mol. The van der Waals surface area contributed by atoms with E-state index < -0.39 is 0 Å². The van der Waals surface area contributed by atoms with Crippen molar-refractivity contribution in [2.24, 2.45) is 0 Å². The summed E-state index contributed by atoms with van der Waals surface area (Å²) < 4.78 is 11.7. The summed E-state index contributed by atoms with van der Waals surface area (Å²) in [5.74, 6) is 2.39. The number of fused-ring (bicyclic) bond motifs is 1. The lowest BCUT2D eigenvalue weighted by Crippen LogP contribution is -2.31. The van der Waals surface area contributed by atoms with Crippen LogP contribution in [0.3, 0.4) is 0 Å². The first kappa shape index (κ1) is 18.3. The van der Waals surface area contributed by atoms with Crippen LogP contribution in [-0.4, -0.2) is 33.7 Å². The third-order valence-electron chi connectivity index (χ3n) is 4.93. The molecule has 2 heterocycles. The molecule has 1 aliphatic carbocycles. The zero-order chi connectivity index (χ0) is 19.3. The van der Waals surface area contributed by atoms with Crippen LogP contribution in [0.15, 0.2) is 42.9 Å². The Morgan fingerprint density at radius 3 is 2.64 bits per heavy atom. The Bertz CT molecular complexity index is 924. The van der Waals surface area contributed by atoms with E-state index in [4.69, 9.17) is 15.2 Å². The second-order valence-electron chi connectivity index (χ2n) is 6.99. The van der Waals surface area contributed by atoms with E-state index in [1.807, 2.05) is 31.2 Å². The van der Waals surface area contributed by atoms with Crippen molar-refractivity contribution in [2.45, 2.75) is 44.8 Å². The highest BCUT2D eigenvalue weighted by atomic mass is 16.5.